The summed E-state index contributed by atoms with van der Waals surface area (Å²) in [6, 6.07) is 4.72. The Morgan fingerprint density at radius 2 is 2.20 bits per heavy atom. The lowest BCUT2D eigenvalue weighted by atomic mass is 10.0. The number of likely N-dealkylation sites (N-methyl/N-ethyl adjacent to an activating group) is 1. The molecular formula is C12H16FNO. The first-order valence-electron chi connectivity index (χ1n) is 5.24. The Bertz CT molecular complexity index is 376. The summed E-state index contributed by atoms with van der Waals surface area (Å²) in [5.74, 6) is 0.403. The van der Waals surface area contributed by atoms with Crippen molar-refractivity contribution in [2.45, 2.75) is 26.3 Å². The quantitative estimate of drug-likeness (QED) is 0.705. The lowest BCUT2D eigenvalue weighted by molar-refractivity contribution is 0.212. The Morgan fingerprint density at radius 1 is 1.47 bits per heavy atom. The fourth-order valence-corrected chi connectivity index (χ4v) is 2.08. The molecule has 0 N–H and O–H groups in total. The monoisotopic (exact) mass is 209 g/mol. The Morgan fingerprint density at radius 3 is 2.87 bits per heavy atom. The minimum Gasteiger partial charge on any atom is -0.489 e. The molecule has 0 saturated heterocycles. The van der Waals surface area contributed by atoms with Crippen LogP contribution in [0.1, 0.15) is 20.8 Å². The van der Waals surface area contributed by atoms with Crippen LogP contribution in [0.25, 0.3) is 0 Å². The van der Waals surface area contributed by atoms with Gasteiger partial charge < -0.3 is 9.64 Å². The van der Waals surface area contributed by atoms with Gasteiger partial charge in [-0.15, -0.1) is 0 Å². The maximum atomic E-state index is 13.0. The van der Waals surface area contributed by atoms with Crippen LogP contribution in [0.5, 0.6) is 5.75 Å². The van der Waals surface area contributed by atoms with Gasteiger partial charge in [0.05, 0.1) is 11.2 Å². The minimum atomic E-state index is -0.246. The molecule has 3 heteroatoms. The van der Waals surface area contributed by atoms with Crippen molar-refractivity contribution >= 4 is 5.69 Å². The molecule has 0 radical (unpaired) electrons. The Hall–Kier alpha value is -1.25. The topological polar surface area (TPSA) is 12.5 Å². The van der Waals surface area contributed by atoms with Crippen molar-refractivity contribution in [2.75, 3.05) is 18.1 Å². The van der Waals surface area contributed by atoms with Gasteiger partial charge in [0.2, 0.25) is 0 Å². The zero-order chi connectivity index (χ0) is 11.1. The van der Waals surface area contributed by atoms with Crippen LogP contribution in [0.3, 0.4) is 0 Å². The normalized spacial score (nSPS) is 18.3. The molecule has 0 atom stereocenters. The minimum absolute atomic E-state index is 0.0282. The maximum absolute atomic E-state index is 13.0. The van der Waals surface area contributed by atoms with E-state index in [1.54, 1.807) is 6.07 Å². The van der Waals surface area contributed by atoms with Gasteiger partial charge in [-0.1, -0.05) is 0 Å². The molecule has 0 bridgehead atoms. The molecule has 1 aliphatic rings. The largest absolute Gasteiger partial charge is 0.489 e. The van der Waals surface area contributed by atoms with E-state index in [-0.39, 0.29) is 11.4 Å². The number of nitrogens with zero attached hydrogens (tertiary/aromatic N) is 1. The molecule has 0 aromatic heterocycles. The summed E-state index contributed by atoms with van der Waals surface area (Å²) in [6.07, 6.45) is 0. The zero-order valence-electron chi connectivity index (χ0n) is 9.38. The average molecular weight is 209 g/mol. The van der Waals surface area contributed by atoms with Gasteiger partial charge in [-0.25, -0.2) is 4.39 Å². The van der Waals surface area contributed by atoms with Crippen molar-refractivity contribution in [1.29, 1.82) is 0 Å². The van der Waals surface area contributed by atoms with Crippen LogP contribution in [-0.4, -0.2) is 18.7 Å². The van der Waals surface area contributed by atoms with E-state index in [2.05, 4.69) is 25.7 Å². The molecule has 1 aliphatic heterocycles. The molecule has 0 unspecified atom stereocenters. The van der Waals surface area contributed by atoms with Crippen molar-refractivity contribution in [3.8, 4) is 5.75 Å². The summed E-state index contributed by atoms with van der Waals surface area (Å²) in [4.78, 5) is 2.24. The first-order chi connectivity index (χ1) is 7.04. The van der Waals surface area contributed by atoms with Gasteiger partial charge in [-0.05, 0) is 32.9 Å². The summed E-state index contributed by atoms with van der Waals surface area (Å²) in [5, 5.41) is 0. The first-order valence-corrected chi connectivity index (χ1v) is 5.24. The molecule has 1 aromatic rings. The summed E-state index contributed by atoms with van der Waals surface area (Å²) in [6.45, 7) is 7.85. The molecule has 2 nitrogen and oxygen atoms in total. The van der Waals surface area contributed by atoms with Gasteiger partial charge in [0, 0.05) is 12.6 Å². The third-order valence-corrected chi connectivity index (χ3v) is 2.84. The number of fused-ring (bicyclic) bond motifs is 1. The standard InChI is InChI=1S/C12H16FNO/c1-4-14-10-6-5-9(13)7-11(10)15-8-12(14,2)3/h5-7H,4,8H2,1-3H3. The van der Waals surface area contributed by atoms with Gasteiger partial charge in [-0.3, -0.25) is 0 Å². The van der Waals surface area contributed by atoms with E-state index in [0.717, 1.165) is 12.2 Å². The van der Waals surface area contributed by atoms with Crippen LogP contribution in [0, 0.1) is 5.82 Å². The fourth-order valence-electron chi connectivity index (χ4n) is 2.08. The highest BCUT2D eigenvalue weighted by Gasteiger charge is 2.33. The van der Waals surface area contributed by atoms with E-state index in [1.165, 1.54) is 12.1 Å². The van der Waals surface area contributed by atoms with Crippen LogP contribution in [0.15, 0.2) is 18.2 Å². The molecule has 2 rings (SSSR count). The molecule has 1 aromatic carbocycles. The van der Waals surface area contributed by atoms with E-state index < -0.39 is 0 Å². The molecule has 15 heavy (non-hydrogen) atoms. The molecule has 0 spiro atoms. The highest BCUT2D eigenvalue weighted by Crippen LogP contribution is 2.37. The van der Waals surface area contributed by atoms with Crippen molar-refractivity contribution < 1.29 is 9.13 Å². The smallest absolute Gasteiger partial charge is 0.145 e. The van der Waals surface area contributed by atoms with Crippen LogP contribution < -0.4 is 9.64 Å². The van der Waals surface area contributed by atoms with E-state index in [0.29, 0.717) is 12.4 Å². The summed E-state index contributed by atoms with van der Waals surface area (Å²) < 4.78 is 18.6. The van der Waals surface area contributed by atoms with Gasteiger partial charge >= 0.3 is 0 Å². The van der Waals surface area contributed by atoms with Crippen LogP contribution in [0.2, 0.25) is 0 Å². The fraction of sp³-hybridized carbons (Fsp3) is 0.500. The van der Waals surface area contributed by atoms with E-state index in [1.807, 2.05) is 0 Å². The number of hydrogen-bond acceptors (Lipinski definition) is 2. The Balaban J connectivity index is 2.47. The van der Waals surface area contributed by atoms with Crippen molar-refractivity contribution in [3.63, 3.8) is 0 Å². The number of hydrogen-bond donors (Lipinski definition) is 0. The first kappa shape index (κ1) is 10.3. The van der Waals surface area contributed by atoms with Crippen LogP contribution >= 0.6 is 0 Å². The number of anilines is 1. The second-order valence-corrected chi connectivity index (χ2v) is 4.46. The average Bonchev–Trinajstić information content (AvgIpc) is 2.18. The maximum Gasteiger partial charge on any atom is 0.145 e. The summed E-state index contributed by atoms with van der Waals surface area (Å²) in [7, 11) is 0. The second kappa shape index (κ2) is 3.40. The van der Waals surface area contributed by atoms with Gasteiger partial charge in [0.1, 0.15) is 18.2 Å². The molecule has 1 heterocycles. The predicted molar refractivity (Wildman–Crippen MR) is 59.0 cm³/mol. The molecule has 82 valence electrons. The molecule has 0 saturated carbocycles. The van der Waals surface area contributed by atoms with Crippen molar-refractivity contribution in [1.82, 2.24) is 0 Å². The lowest BCUT2D eigenvalue weighted by Crippen LogP contribution is -2.51. The summed E-state index contributed by atoms with van der Waals surface area (Å²) in [5.41, 5.74) is 0.953. The number of benzene rings is 1. The zero-order valence-corrected chi connectivity index (χ0v) is 9.38. The van der Waals surface area contributed by atoms with Crippen LogP contribution in [0.4, 0.5) is 10.1 Å². The Labute approximate surface area is 89.7 Å². The molecule has 0 aliphatic carbocycles. The van der Waals surface area contributed by atoms with Crippen molar-refractivity contribution in [2.24, 2.45) is 0 Å². The third kappa shape index (κ3) is 1.66. The Kier molecular flexibility index (Phi) is 2.33. The SMILES string of the molecule is CCN1c2ccc(F)cc2OCC1(C)C. The highest BCUT2D eigenvalue weighted by molar-refractivity contribution is 5.61. The lowest BCUT2D eigenvalue weighted by Gasteiger charge is -2.44. The van der Waals surface area contributed by atoms with Crippen molar-refractivity contribution in [3.05, 3.63) is 24.0 Å². The number of halogens is 1. The van der Waals surface area contributed by atoms with Gasteiger partial charge in [0.15, 0.2) is 0 Å². The predicted octanol–water partition coefficient (Wildman–Crippen LogP) is 2.82. The van der Waals surface area contributed by atoms with E-state index >= 15 is 0 Å². The second-order valence-electron chi connectivity index (χ2n) is 4.46. The number of rotatable bonds is 1. The van der Waals surface area contributed by atoms with Gasteiger partial charge in [-0.2, -0.15) is 0 Å². The third-order valence-electron chi connectivity index (χ3n) is 2.84. The molecule has 0 fully saturated rings. The van der Waals surface area contributed by atoms with E-state index in [9.17, 15) is 4.39 Å². The highest BCUT2D eigenvalue weighted by atomic mass is 19.1. The number of ether oxygens (including phenoxy) is 1. The van der Waals surface area contributed by atoms with E-state index in [4.69, 9.17) is 4.74 Å². The summed E-state index contributed by atoms with van der Waals surface area (Å²) >= 11 is 0. The van der Waals surface area contributed by atoms with Gasteiger partial charge in [0.25, 0.3) is 0 Å². The molecule has 0 amide bonds. The van der Waals surface area contributed by atoms with Crippen LogP contribution in [-0.2, 0) is 0 Å². The molecular weight excluding hydrogens is 193 g/mol.